The predicted octanol–water partition coefficient (Wildman–Crippen LogP) is 2.44. The number of hydrogen-bond acceptors (Lipinski definition) is 3. The van der Waals surface area contributed by atoms with E-state index in [1.807, 2.05) is 0 Å². The van der Waals surface area contributed by atoms with Gasteiger partial charge in [-0.3, -0.25) is 0 Å². The molecule has 0 heterocycles. The fourth-order valence-corrected chi connectivity index (χ4v) is 1.19. The van der Waals surface area contributed by atoms with Gasteiger partial charge in [-0.1, -0.05) is 39.2 Å². The molecule has 0 bridgehead atoms. The molecule has 0 aromatic rings. The quantitative estimate of drug-likeness (QED) is 0.383. The molecule has 1 N–H and O–H groups in total. The number of carbonyl (C=O) groups is 1. The third kappa shape index (κ3) is 8.18. The molecule has 0 aliphatic heterocycles. The number of esters is 1. The molecule has 1 atom stereocenters. The van der Waals surface area contributed by atoms with Gasteiger partial charge in [0.05, 0.1) is 6.10 Å². The highest BCUT2D eigenvalue weighted by Gasteiger charge is 2.08. The molecule has 0 radical (unpaired) electrons. The number of rotatable bonds is 8. The molecule has 15 heavy (non-hydrogen) atoms. The Hall–Kier alpha value is -0.830. The van der Waals surface area contributed by atoms with Gasteiger partial charge >= 0.3 is 5.97 Å². The Morgan fingerprint density at radius 2 is 2.07 bits per heavy atom. The zero-order valence-electron chi connectivity index (χ0n) is 9.79. The third-order valence-electron chi connectivity index (χ3n) is 2.15. The zero-order valence-corrected chi connectivity index (χ0v) is 9.79. The van der Waals surface area contributed by atoms with Gasteiger partial charge in [-0.05, 0) is 13.3 Å². The first-order chi connectivity index (χ1) is 7.07. The Kier molecular flexibility index (Phi) is 8.01. The Labute approximate surface area is 92.1 Å². The van der Waals surface area contributed by atoms with Crippen molar-refractivity contribution in [1.82, 2.24) is 0 Å². The monoisotopic (exact) mass is 214 g/mol. The van der Waals surface area contributed by atoms with E-state index in [2.05, 4.69) is 13.5 Å². The first-order valence-corrected chi connectivity index (χ1v) is 5.58. The number of ether oxygens (including phenoxy) is 1. The van der Waals surface area contributed by atoms with E-state index < -0.39 is 12.1 Å². The van der Waals surface area contributed by atoms with Gasteiger partial charge in [-0.2, -0.15) is 0 Å². The third-order valence-corrected chi connectivity index (χ3v) is 2.15. The van der Waals surface area contributed by atoms with Gasteiger partial charge in [0.2, 0.25) is 0 Å². The van der Waals surface area contributed by atoms with Gasteiger partial charge in [-0.15, -0.1) is 0 Å². The van der Waals surface area contributed by atoms with Crippen molar-refractivity contribution in [3.8, 4) is 0 Å². The minimum Gasteiger partial charge on any atom is -0.460 e. The molecule has 3 heteroatoms. The van der Waals surface area contributed by atoms with Crippen molar-refractivity contribution in [2.45, 2.75) is 52.1 Å². The normalized spacial score (nSPS) is 12.2. The van der Waals surface area contributed by atoms with Crippen molar-refractivity contribution < 1.29 is 14.6 Å². The van der Waals surface area contributed by atoms with Crippen molar-refractivity contribution in [2.24, 2.45) is 0 Å². The summed E-state index contributed by atoms with van der Waals surface area (Å²) < 4.78 is 4.83. The van der Waals surface area contributed by atoms with Crippen LogP contribution in [0, 0.1) is 0 Å². The van der Waals surface area contributed by atoms with Crippen LogP contribution < -0.4 is 0 Å². The summed E-state index contributed by atoms with van der Waals surface area (Å²) in [6, 6.07) is 0. The summed E-state index contributed by atoms with van der Waals surface area (Å²) >= 11 is 0. The summed E-state index contributed by atoms with van der Waals surface area (Å²) in [6.45, 7) is 7.28. The smallest absolute Gasteiger partial charge is 0.333 e. The van der Waals surface area contributed by atoms with E-state index in [0.717, 1.165) is 12.8 Å². The summed E-state index contributed by atoms with van der Waals surface area (Å²) in [6.07, 6.45) is 4.65. The lowest BCUT2D eigenvalue weighted by Gasteiger charge is -2.10. The molecule has 0 rings (SSSR count). The average Bonchev–Trinajstić information content (AvgIpc) is 2.20. The van der Waals surface area contributed by atoms with E-state index in [9.17, 15) is 9.90 Å². The maximum absolute atomic E-state index is 11.0. The molecule has 0 fully saturated rings. The van der Waals surface area contributed by atoms with Crippen molar-refractivity contribution in [3.63, 3.8) is 0 Å². The number of unbranched alkanes of at least 4 members (excludes halogenated alkanes) is 3. The Bertz CT molecular complexity index is 199. The summed E-state index contributed by atoms with van der Waals surface area (Å²) in [7, 11) is 0. The minimum atomic E-state index is -0.537. The number of carbonyl (C=O) groups excluding carboxylic acids is 1. The van der Waals surface area contributed by atoms with E-state index in [4.69, 9.17) is 4.74 Å². The van der Waals surface area contributed by atoms with Crippen LogP contribution in [-0.4, -0.2) is 23.8 Å². The van der Waals surface area contributed by atoms with Crippen LogP contribution >= 0.6 is 0 Å². The van der Waals surface area contributed by atoms with Crippen molar-refractivity contribution in [3.05, 3.63) is 12.2 Å². The molecule has 88 valence electrons. The molecule has 0 saturated carbocycles. The van der Waals surface area contributed by atoms with Gasteiger partial charge in [-0.25, -0.2) is 4.79 Å². The molecule has 0 aromatic carbocycles. The average molecular weight is 214 g/mol. The number of hydrogen-bond donors (Lipinski definition) is 1. The molecule has 0 amide bonds. The lowest BCUT2D eigenvalue weighted by atomic mass is 10.1. The van der Waals surface area contributed by atoms with Crippen LogP contribution in [0.25, 0.3) is 0 Å². The second kappa shape index (κ2) is 8.48. The van der Waals surface area contributed by atoms with Crippen LogP contribution in [0.1, 0.15) is 46.0 Å². The summed E-state index contributed by atoms with van der Waals surface area (Å²) in [5.74, 6) is -0.428. The highest BCUT2D eigenvalue weighted by molar-refractivity contribution is 5.86. The molecule has 0 aliphatic rings. The molecule has 0 aromatic heterocycles. The van der Waals surface area contributed by atoms with Crippen LogP contribution in [-0.2, 0) is 9.53 Å². The summed E-state index contributed by atoms with van der Waals surface area (Å²) in [5, 5.41) is 9.47. The zero-order chi connectivity index (χ0) is 11.7. The van der Waals surface area contributed by atoms with E-state index in [1.165, 1.54) is 12.8 Å². The van der Waals surface area contributed by atoms with Gasteiger partial charge < -0.3 is 9.84 Å². The molecular weight excluding hydrogens is 192 g/mol. The van der Waals surface area contributed by atoms with E-state index in [1.54, 1.807) is 6.92 Å². The Balaban J connectivity index is 3.44. The lowest BCUT2D eigenvalue weighted by molar-refractivity contribution is -0.142. The highest BCUT2D eigenvalue weighted by atomic mass is 16.5. The molecule has 0 spiro atoms. The second-order valence-corrected chi connectivity index (χ2v) is 3.88. The predicted molar refractivity (Wildman–Crippen MR) is 60.5 cm³/mol. The van der Waals surface area contributed by atoms with Crippen molar-refractivity contribution in [2.75, 3.05) is 6.61 Å². The maximum Gasteiger partial charge on any atom is 0.333 e. The first-order valence-electron chi connectivity index (χ1n) is 5.58. The van der Waals surface area contributed by atoms with Gasteiger partial charge in [0.1, 0.15) is 6.61 Å². The SMILES string of the molecule is C=C(C)C(=O)OCC(O)CCCCCC. The van der Waals surface area contributed by atoms with Crippen LogP contribution in [0.4, 0.5) is 0 Å². The van der Waals surface area contributed by atoms with Crippen LogP contribution in [0.5, 0.6) is 0 Å². The Morgan fingerprint density at radius 1 is 1.40 bits per heavy atom. The summed E-state index contributed by atoms with van der Waals surface area (Å²) in [4.78, 5) is 11.0. The van der Waals surface area contributed by atoms with Crippen LogP contribution in [0.2, 0.25) is 0 Å². The van der Waals surface area contributed by atoms with E-state index in [0.29, 0.717) is 12.0 Å². The molecule has 1 unspecified atom stereocenters. The maximum atomic E-state index is 11.0. The summed E-state index contributed by atoms with van der Waals surface area (Å²) in [5.41, 5.74) is 0.369. The first kappa shape index (κ1) is 14.2. The number of aliphatic hydroxyl groups excluding tert-OH is 1. The molecular formula is C12H22O3. The van der Waals surface area contributed by atoms with E-state index >= 15 is 0 Å². The lowest BCUT2D eigenvalue weighted by Crippen LogP contribution is -2.18. The highest BCUT2D eigenvalue weighted by Crippen LogP contribution is 2.06. The van der Waals surface area contributed by atoms with Crippen LogP contribution in [0.15, 0.2) is 12.2 Å². The largest absolute Gasteiger partial charge is 0.460 e. The molecule has 3 nitrogen and oxygen atoms in total. The molecule has 0 aliphatic carbocycles. The number of aliphatic hydroxyl groups is 1. The topological polar surface area (TPSA) is 46.5 Å². The minimum absolute atomic E-state index is 0.0812. The van der Waals surface area contributed by atoms with Crippen molar-refractivity contribution >= 4 is 5.97 Å². The fourth-order valence-electron chi connectivity index (χ4n) is 1.19. The van der Waals surface area contributed by atoms with E-state index in [-0.39, 0.29) is 6.61 Å². The van der Waals surface area contributed by atoms with Gasteiger partial charge in [0.15, 0.2) is 0 Å². The standard InChI is InChI=1S/C12H22O3/c1-4-5-6-7-8-11(13)9-15-12(14)10(2)3/h11,13H,2,4-9H2,1,3H3. The van der Waals surface area contributed by atoms with Gasteiger partial charge in [0.25, 0.3) is 0 Å². The van der Waals surface area contributed by atoms with Crippen LogP contribution in [0.3, 0.4) is 0 Å². The molecule has 0 saturated heterocycles. The van der Waals surface area contributed by atoms with Gasteiger partial charge in [0, 0.05) is 5.57 Å². The second-order valence-electron chi connectivity index (χ2n) is 3.88. The fraction of sp³-hybridized carbons (Fsp3) is 0.750. The Morgan fingerprint density at radius 3 is 2.60 bits per heavy atom. The van der Waals surface area contributed by atoms with Crippen molar-refractivity contribution in [1.29, 1.82) is 0 Å².